The third-order valence-corrected chi connectivity index (χ3v) is 6.89. The van der Waals surface area contributed by atoms with Crippen molar-refractivity contribution in [3.05, 3.63) is 30.6 Å². The van der Waals surface area contributed by atoms with Crippen molar-refractivity contribution in [2.45, 2.75) is 36.2 Å². The maximum Gasteiger partial charge on any atom is 0.270 e. The number of aliphatic hydroxyl groups is 1. The summed E-state index contributed by atoms with van der Waals surface area (Å²) in [4.78, 5) is 28.3. The zero-order chi connectivity index (χ0) is 19.6. The van der Waals surface area contributed by atoms with Gasteiger partial charge in [-0.25, -0.2) is 8.42 Å². The number of sulfonamides is 1. The van der Waals surface area contributed by atoms with Crippen LogP contribution in [0.25, 0.3) is 0 Å². The van der Waals surface area contributed by atoms with Gasteiger partial charge in [0.15, 0.2) is 0 Å². The molecular weight excluding hydrogens is 372 g/mol. The summed E-state index contributed by atoms with van der Waals surface area (Å²) < 4.78 is 27.2. The fourth-order valence-electron chi connectivity index (χ4n) is 3.58. The van der Waals surface area contributed by atoms with Crippen molar-refractivity contribution >= 4 is 21.8 Å². The zero-order valence-corrected chi connectivity index (χ0v) is 15.7. The molecule has 0 spiro atoms. The van der Waals surface area contributed by atoms with Gasteiger partial charge >= 0.3 is 0 Å². The quantitative estimate of drug-likeness (QED) is 0.569. The van der Waals surface area contributed by atoms with Gasteiger partial charge in [-0.15, -0.1) is 0 Å². The predicted octanol–water partition coefficient (Wildman–Crippen LogP) is -0.323. The van der Waals surface area contributed by atoms with E-state index in [4.69, 9.17) is 0 Å². The van der Waals surface area contributed by atoms with E-state index in [0.29, 0.717) is 19.5 Å². The zero-order valence-electron chi connectivity index (χ0n) is 14.9. The molecule has 2 unspecified atom stereocenters. The summed E-state index contributed by atoms with van der Waals surface area (Å²) >= 11 is 0. The molecule has 0 saturated carbocycles. The highest BCUT2D eigenvalue weighted by Gasteiger charge is 2.41. The van der Waals surface area contributed by atoms with Gasteiger partial charge in [0.2, 0.25) is 15.9 Å². The molecular formula is C17H24N4O5S. The molecule has 3 heterocycles. The third kappa shape index (κ3) is 3.92. The summed E-state index contributed by atoms with van der Waals surface area (Å²) in [7, 11) is -3.92. The first kappa shape index (κ1) is 19.6. The Morgan fingerprint density at radius 2 is 2.07 bits per heavy atom. The summed E-state index contributed by atoms with van der Waals surface area (Å²) in [5.41, 5.74) is 0.228. The second-order valence-corrected chi connectivity index (χ2v) is 8.70. The average molecular weight is 396 g/mol. The fraction of sp³-hybridized carbons (Fsp3) is 0.529. The van der Waals surface area contributed by atoms with Crippen LogP contribution in [-0.2, 0) is 14.8 Å². The van der Waals surface area contributed by atoms with Crippen LogP contribution in [0.15, 0.2) is 29.8 Å². The highest BCUT2D eigenvalue weighted by molar-refractivity contribution is 7.89. The molecule has 2 aliphatic rings. The number of nitrogens with zero attached hydrogens (tertiary/aromatic N) is 2. The van der Waals surface area contributed by atoms with Gasteiger partial charge in [0.25, 0.3) is 5.91 Å². The van der Waals surface area contributed by atoms with Crippen LogP contribution in [0.4, 0.5) is 0 Å². The summed E-state index contributed by atoms with van der Waals surface area (Å²) in [5.74, 6) is -0.610. The summed E-state index contributed by atoms with van der Waals surface area (Å²) in [6.45, 7) is 4.41. The number of aromatic amines is 1. The van der Waals surface area contributed by atoms with E-state index in [9.17, 15) is 23.1 Å². The molecule has 3 N–H and O–H groups in total. The molecule has 2 aliphatic heterocycles. The van der Waals surface area contributed by atoms with Gasteiger partial charge in [-0.2, -0.15) is 4.31 Å². The van der Waals surface area contributed by atoms with Crippen LogP contribution in [0.2, 0.25) is 0 Å². The molecule has 27 heavy (non-hydrogen) atoms. The number of hydrogen-bond acceptors (Lipinski definition) is 5. The van der Waals surface area contributed by atoms with E-state index in [-0.39, 0.29) is 29.6 Å². The van der Waals surface area contributed by atoms with Crippen molar-refractivity contribution in [3.63, 3.8) is 0 Å². The highest BCUT2D eigenvalue weighted by Crippen LogP contribution is 2.27. The molecule has 1 aromatic rings. The molecule has 0 aromatic carbocycles. The van der Waals surface area contributed by atoms with Crippen LogP contribution in [0.5, 0.6) is 0 Å². The number of carbonyl (C=O) groups is 2. The Kier molecular flexibility index (Phi) is 5.68. The smallest absolute Gasteiger partial charge is 0.270 e. The topological polar surface area (TPSA) is 123 Å². The molecule has 148 valence electrons. The van der Waals surface area contributed by atoms with E-state index < -0.39 is 28.0 Å². The molecule has 0 bridgehead atoms. The number of rotatable bonds is 6. The highest BCUT2D eigenvalue weighted by atomic mass is 32.2. The minimum atomic E-state index is -3.92. The number of amides is 2. The van der Waals surface area contributed by atoms with Crippen LogP contribution in [0, 0.1) is 0 Å². The van der Waals surface area contributed by atoms with Crippen LogP contribution in [-0.4, -0.2) is 77.9 Å². The molecule has 3 rings (SSSR count). The number of likely N-dealkylation sites (tertiary alicyclic amines) is 1. The monoisotopic (exact) mass is 396 g/mol. The van der Waals surface area contributed by atoms with E-state index in [0.717, 1.165) is 18.9 Å². The molecule has 2 saturated heterocycles. The van der Waals surface area contributed by atoms with Gasteiger partial charge in [-0.05, 0) is 31.4 Å². The molecule has 9 nitrogen and oxygen atoms in total. The molecule has 10 heteroatoms. The van der Waals surface area contributed by atoms with Gasteiger partial charge in [-0.3, -0.25) is 9.59 Å². The standard InChI is InChI=1S/C17H24N4O5S/c1-2-16(23)19-12-7-13(11-22)21(10-12)27(25,26)14-8-15(18-9-14)17(24)20-5-3-4-6-20/h2,8-9,12-13,18,22H,1,3-7,10-11H2,(H,19,23). The van der Waals surface area contributed by atoms with E-state index in [1.165, 1.54) is 16.6 Å². The van der Waals surface area contributed by atoms with Crippen molar-refractivity contribution in [1.29, 1.82) is 0 Å². The van der Waals surface area contributed by atoms with E-state index in [1.807, 2.05) is 0 Å². The molecule has 2 fully saturated rings. The lowest BCUT2D eigenvalue weighted by molar-refractivity contribution is -0.117. The van der Waals surface area contributed by atoms with Crippen LogP contribution >= 0.6 is 0 Å². The summed E-state index contributed by atoms with van der Waals surface area (Å²) in [5, 5.41) is 12.2. The summed E-state index contributed by atoms with van der Waals surface area (Å²) in [6, 6.07) is 0.282. The van der Waals surface area contributed by atoms with E-state index in [2.05, 4.69) is 16.9 Å². The lowest BCUT2D eigenvalue weighted by atomic mass is 10.2. The van der Waals surface area contributed by atoms with Crippen molar-refractivity contribution in [2.75, 3.05) is 26.2 Å². The van der Waals surface area contributed by atoms with Gasteiger partial charge in [-0.1, -0.05) is 6.58 Å². The molecule has 0 radical (unpaired) electrons. The SMILES string of the molecule is C=CC(=O)NC1CC(CO)N(S(=O)(=O)c2c[nH]c(C(=O)N3CCCC3)c2)C1. The second-order valence-electron chi connectivity index (χ2n) is 6.80. The Balaban J connectivity index is 1.78. The van der Waals surface area contributed by atoms with Crippen LogP contribution < -0.4 is 5.32 Å². The predicted molar refractivity (Wildman–Crippen MR) is 97.4 cm³/mol. The van der Waals surface area contributed by atoms with E-state index in [1.54, 1.807) is 4.90 Å². The first-order chi connectivity index (χ1) is 12.9. The van der Waals surface area contributed by atoms with E-state index >= 15 is 0 Å². The number of aliphatic hydroxyl groups excluding tert-OH is 1. The molecule has 2 atom stereocenters. The average Bonchev–Trinajstić information content (AvgIpc) is 3.40. The Morgan fingerprint density at radius 1 is 1.37 bits per heavy atom. The van der Waals surface area contributed by atoms with Gasteiger partial charge in [0.1, 0.15) is 10.6 Å². The number of hydrogen-bond donors (Lipinski definition) is 3. The Bertz CT molecular complexity index is 828. The normalized spacial score (nSPS) is 23.5. The van der Waals surface area contributed by atoms with Crippen LogP contribution in [0.1, 0.15) is 29.8 Å². The molecule has 0 aliphatic carbocycles. The maximum absolute atomic E-state index is 13.0. The second kappa shape index (κ2) is 7.83. The van der Waals surface area contributed by atoms with Gasteiger partial charge in [0.05, 0.1) is 12.6 Å². The number of H-pyrrole nitrogens is 1. The van der Waals surface area contributed by atoms with Crippen molar-refractivity contribution in [2.24, 2.45) is 0 Å². The van der Waals surface area contributed by atoms with Crippen molar-refractivity contribution < 1.29 is 23.1 Å². The molecule has 2 amide bonds. The van der Waals surface area contributed by atoms with Gasteiger partial charge in [0, 0.05) is 31.9 Å². The lowest BCUT2D eigenvalue weighted by Gasteiger charge is -2.21. The Hall–Kier alpha value is -2.17. The fourth-order valence-corrected chi connectivity index (χ4v) is 5.25. The number of aromatic nitrogens is 1. The van der Waals surface area contributed by atoms with Crippen LogP contribution in [0.3, 0.4) is 0 Å². The Morgan fingerprint density at radius 3 is 2.70 bits per heavy atom. The number of carbonyl (C=O) groups excluding carboxylic acids is 2. The lowest BCUT2D eigenvalue weighted by Crippen LogP contribution is -2.39. The Labute approximate surface area is 158 Å². The molecule has 1 aromatic heterocycles. The van der Waals surface area contributed by atoms with Gasteiger partial charge < -0.3 is 20.3 Å². The van der Waals surface area contributed by atoms with Crippen molar-refractivity contribution in [3.8, 4) is 0 Å². The number of nitrogens with one attached hydrogen (secondary N) is 2. The first-order valence-corrected chi connectivity index (χ1v) is 10.3. The largest absolute Gasteiger partial charge is 0.395 e. The van der Waals surface area contributed by atoms with Crippen molar-refractivity contribution in [1.82, 2.24) is 19.5 Å². The summed E-state index contributed by atoms with van der Waals surface area (Å²) in [6.07, 6.45) is 4.61. The minimum absolute atomic E-state index is 0.0285. The third-order valence-electron chi connectivity index (χ3n) is 4.99. The first-order valence-electron chi connectivity index (χ1n) is 8.90. The maximum atomic E-state index is 13.0. The minimum Gasteiger partial charge on any atom is -0.395 e.